The van der Waals surface area contributed by atoms with Crippen LogP contribution in [-0.2, 0) is 6.54 Å². The van der Waals surface area contributed by atoms with E-state index in [9.17, 15) is 4.79 Å². The Labute approximate surface area is 146 Å². The Hall–Kier alpha value is -3.34. The van der Waals surface area contributed by atoms with E-state index in [1.54, 1.807) is 25.4 Å². The highest BCUT2D eigenvalue weighted by atomic mass is 16.5. The molecule has 0 atom stereocenters. The number of pyridine rings is 1. The van der Waals surface area contributed by atoms with Crippen molar-refractivity contribution in [3.8, 4) is 17.2 Å². The van der Waals surface area contributed by atoms with Gasteiger partial charge in [0.2, 0.25) is 0 Å². The van der Waals surface area contributed by atoms with Crippen molar-refractivity contribution < 1.29 is 14.3 Å². The fourth-order valence-corrected chi connectivity index (χ4v) is 2.30. The summed E-state index contributed by atoms with van der Waals surface area (Å²) in [6.07, 6.45) is 3.17. The molecule has 1 heterocycles. The molecule has 25 heavy (non-hydrogen) atoms. The molecule has 1 N–H and O–H groups in total. The van der Waals surface area contributed by atoms with Crippen LogP contribution in [0, 0.1) is 0 Å². The summed E-state index contributed by atoms with van der Waals surface area (Å²) < 4.78 is 11.0. The smallest absolute Gasteiger partial charge is 0.253 e. The molecule has 0 unspecified atom stereocenters. The van der Waals surface area contributed by atoms with E-state index in [0.29, 0.717) is 23.6 Å². The predicted octanol–water partition coefficient (Wildman–Crippen LogP) is 3.81. The van der Waals surface area contributed by atoms with E-state index in [1.807, 2.05) is 48.5 Å². The highest BCUT2D eigenvalue weighted by molar-refractivity contribution is 5.93. The number of hydrogen-bond acceptors (Lipinski definition) is 4. The first-order chi connectivity index (χ1) is 12.2. The summed E-state index contributed by atoms with van der Waals surface area (Å²) in [4.78, 5) is 16.0. The molecule has 0 aliphatic heterocycles. The number of methoxy groups -OCH3 is 1. The molecule has 5 heteroatoms. The van der Waals surface area contributed by atoms with Crippen LogP contribution in [0.15, 0.2) is 73.1 Å². The van der Waals surface area contributed by atoms with Crippen molar-refractivity contribution in [1.29, 1.82) is 0 Å². The Morgan fingerprint density at radius 3 is 2.52 bits per heavy atom. The molecule has 0 saturated carbocycles. The van der Waals surface area contributed by atoms with E-state index in [-0.39, 0.29) is 5.91 Å². The first-order valence-corrected chi connectivity index (χ1v) is 7.84. The fraction of sp³-hybridized carbons (Fsp3) is 0.100. The first kappa shape index (κ1) is 16.5. The quantitative estimate of drug-likeness (QED) is 0.744. The van der Waals surface area contributed by atoms with Crippen LogP contribution >= 0.6 is 0 Å². The minimum Gasteiger partial charge on any atom is -0.497 e. The molecule has 0 saturated heterocycles. The Balaban J connectivity index is 1.64. The second kappa shape index (κ2) is 7.97. The predicted molar refractivity (Wildman–Crippen MR) is 94.9 cm³/mol. The van der Waals surface area contributed by atoms with Gasteiger partial charge in [-0.05, 0) is 42.0 Å². The van der Waals surface area contributed by atoms with Gasteiger partial charge in [-0.25, -0.2) is 0 Å². The molecule has 0 spiro atoms. The summed E-state index contributed by atoms with van der Waals surface area (Å²) in [5.74, 6) is 1.96. The number of aromatic nitrogens is 1. The summed E-state index contributed by atoms with van der Waals surface area (Å²) in [5.41, 5.74) is 1.48. The summed E-state index contributed by atoms with van der Waals surface area (Å²) in [7, 11) is 1.62. The number of nitrogens with one attached hydrogen (secondary N) is 1. The van der Waals surface area contributed by atoms with Crippen molar-refractivity contribution in [2.24, 2.45) is 0 Å². The van der Waals surface area contributed by atoms with E-state index >= 15 is 0 Å². The monoisotopic (exact) mass is 334 g/mol. The van der Waals surface area contributed by atoms with Crippen LogP contribution in [0.1, 0.15) is 15.9 Å². The summed E-state index contributed by atoms with van der Waals surface area (Å²) >= 11 is 0. The fourth-order valence-electron chi connectivity index (χ4n) is 2.30. The number of carbonyl (C=O) groups is 1. The molecular weight excluding hydrogens is 316 g/mol. The highest BCUT2D eigenvalue weighted by Gasteiger charge is 2.06. The SMILES string of the molecule is COc1cccc(Oc2cccc(CNC(=O)c3cccnc3)c2)c1. The van der Waals surface area contributed by atoms with Crippen molar-refractivity contribution >= 4 is 5.91 Å². The highest BCUT2D eigenvalue weighted by Crippen LogP contribution is 2.25. The van der Waals surface area contributed by atoms with E-state index in [1.165, 1.54) is 6.20 Å². The Bertz CT molecular complexity index is 850. The molecule has 3 aromatic rings. The van der Waals surface area contributed by atoms with Crippen LogP contribution < -0.4 is 14.8 Å². The molecule has 0 bridgehead atoms. The number of amides is 1. The lowest BCUT2D eigenvalue weighted by Gasteiger charge is -2.09. The van der Waals surface area contributed by atoms with Gasteiger partial charge in [0, 0.05) is 25.0 Å². The minimum atomic E-state index is -0.160. The molecule has 0 fully saturated rings. The molecule has 0 radical (unpaired) electrons. The second-order valence-corrected chi connectivity index (χ2v) is 5.35. The summed E-state index contributed by atoms with van der Waals surface area (Å²) in [6, 6.07) is 18.4. The van der Waals surface area contributed by atoms with E-state index in [4.69, 9.17) is 9.47 Å². The van der Waals surface area contributed by atoms with Gasteiger partial charge in [-0.2, -0.15) is 0 Å². The van der Waals surface area contributed by atoms with Gasteiger partial charge in [0.15, 0.2) is 0 Å². The van der Waals surface area contributed by atoms with E-state index < -0.39 is 0 Å². The molecule has 126 valence electrons. The zero-order valence-electron chi connectivity index (χ0n) is 13.8. The summed E-state index contributed by atoms with van der Waals surface area (Å²) in [5, 5.41) is 2.87. The van der Waals surface area contributed by atoms with Crippen LogP contribution in [-0.4, -0.2) is 18.0 Å². The number of nitrogens with zero attached hydrogens (tertiary/aromatic N) is 1. The van der Waals surface area contributed by atoms with Gasteiger partial charge in [0.25, 0.3) is 5.91 Å². The molecule has 1 aromatic heterocycles. The van der Waals surface area contributed by atoms with Crippen molar-refractivity contribution in [2.45, 2.75) is 6.54 Å². The maximum absolute atomic E-state index is 12.1. The van der Waals surface area contributed by atoms with E-state index in [0.717, 1.165) is 11.3 Å². The molecule has 3 rings (SSSR count). The van der Waals surface area contributed by atoms with Gasteiger partial charge in [0.05, 0.1) is 12.7 Å². The van der Waals surface area contributed by atoms with Crippen molar-refractivity contribution in [3.63, 3.8) is 0 Å². The zero-order valence-corrected chi connectivity index (χ0v) is 13.8. The number of carbonyl (C=O) groups excluding carboxylic acids is 1. The Kier molecular flexibility index (Phi) is 5.26. The zero-order chi connectivity index (χ0) is 17.5. The van der Waals surface area contributed by atoms with Crippen molar-refractivity contribution in [1.82, 2.24) is 10.3 Å². The van der Waals surface area contributed by atoms with Crippen LogP contribution in [0.25, 0.3) is 0 Å². The Morgan fingerprint density at radius 1 is 1.00 bits per heavy atom. The lowest BCUT2D eigenvalue weighted by Crippen LogP contribution is -2.22. The lowest BCUT2D eigenvalue weighted by atomic mass is 10.2. The topological polar surface area (TPSA) is 60.5 Å². The van der Waals surface area contributed by atoms with E-state index in [2.05, 4.69) is 10.3 Å². The standard InChI is InChI=1S/C20H18N2O3/c1-24-17-7-3-9-19(12-17)25-18-8-2-5-15(11-18)13-22-20(23)16-6-4-10-21-14-16/h2-12,14H,13H2,1H3,(H,22,23). The average molecular weight is 334 g/mol. The van der Waals surface area contributed by atoms with Gasteiger partial charge < -0.3 is 14.8 Å². The third kappa shape index (κ3) is 4.57. The molecular formula is C20H18N2O3. The molecule has 2 aromatic carbocycles. The van der Waals surface area contributed by atoms with Gasteiger partial charge in [-0.15, -0.1) is 0 Å². The maximum Gasteiger partial charge on any atom is 0.253 e. The van der Waals surface area contributed by atoms with Gasteiger partial charge in [-0.1, -0.05) is 18.2 Å². The third-order valence-corrected chi connectivity index (χ3v) is 3.55. The van der Waals surface area contributed by atoms with Crippen LogP contribution in [0.5, 0.6) is 17.2 Å². The van der Waals surface area contributed by atoms with Crippen molar-refractivity contribution in [3.05, 3.63) is 84.2 Å². The van der Waals surface area contributed by atoms with Crippen LogP contribution in [0.3, 0.4) is 0 Å². The molecule has 5 nitrogen and oxygen atoms in total. The molecule has 0 aliphatic carbocycles. The first-order valence-electron chi connectivity index (χ1n) is 7.84. The number of rotatable bonds is 6. The molecule has 0 aliphatic rings. The van der Waals surface area contributed by atoms with Crippen LogP contribution in [0.4, 0.5) is 0 Å². The second-order valence-electron chi connectivity index (χ2n) is 5.35. The number of hydrogen-bond donors (Lipinski definition) is 1. The lowest BCUT2D eigenvalue weighted by molar-refractivity contribution is 0.0950. The number of benzene rings is 2. The summed E-state index contributed by atoms with van der Waals surface area (Å²) in [6.45, 7) is 0.406. The third-order valence-electron chi connectivity index (χ3n) is 3.55. The average Bonchev–Trinajstić information content (AvgIpc) is 2.67. The van der Waals surface area contributed by atoms with Gasteiger partial charge >= 0.3 is 0 Å². The van der Waals surface area contributed by atoms with Gasteiger partial charge in [0.1, 0.15) is 17.2 Å². The molecule has 1 amide bonds. The largest absolute Gasteiger partial charge is 0.497 e. The normalized spacial score (nSPS) is 10.1. The van der Waals surface area contributed by atoms with Crippen molar-refractivity contribution in [2.75, 3.05) is 7.11 Å². The van der Waals surface area contributed by atoms with Crippen LogP contribution in [0.2, 0.25) is 0 Å². The Morgan fingerprint density at radius 2 is 1.76 bits per heavy atom. The van der Waals surface area contributed by atoms with Gasteiger partial charge in [-0.3, -0.25) is 9.78 Å². The minimum absolute atomic E-state index is 0.160. The number of ether oxygens (including phenoxy) is 2. The maximum atomic E-state index is 12.1.